The first kappa shape index (κ1) is 33.3. The van der Waals surface area contributed by atoms with Crippen LogP contribution in [-0.2, 0) is 36.2 Å². The van der Waals surface area contributed by atoms with Crippen LogP contribution in [0.5, 0.6) is 0 Å². The van der Waals surface area contributed by atoms with Crippen LogP contribution in [0.1, 0.15) is 49.9 Å². The zero-order chi connectivity index (χ0) is 23.8. The Morgan fingerprint density at radius 1 is 0.676 bits per heavy atom. The third-order valence-corrected chi connectivity index (χ3v) is 5.12. The molecule has 0 aliphatic heterocycles. The van der Waals surface area contributed by atoms with Crippen LogP contribution in [0.15, 0.2) is 60.7 Å². The molecule has 34 heavy (non-hydrogen) atoms. The molecule has 0 radical (unpaired) electrons. The number of benzene rings is 2. The van der Waals surface area contributed by atoms with Crippen molar-refractivity contribution in [2.75, 3.05) is 0 Å². The molecule has 0 nitrogen and oxygen atoms in total. The molecule has 0 atom stereocenters. The van der Waals surface area contributed by atoms with E-state index in [1.165, 1.54) is 56.6 Å². The Morgan fingerprint density at radius 3 is 1.29 bits per heavy atom. The molecule has 0 spiro atoms. The SMILES string of the molecule is C[Si](C)=[Zr+2].Cc1cc2cc(CC(C)C)ccc2[cH-]1.Cc1cc2cc(CC(C)C)ccc2[cH-]1.[Cl-].[Cl-]. The Labute approximate surface area is 235 Å². The minimum absolute atomic E-state index is 0. The van der Waals surface area contributed by atoms with Crippen molar-refractivity contribution in [2.24, 2.45) is 11.8 Å². The van der Waals surface area contributed by atoms with Crippen LogP contribution in [-0.4, -0.2) is 5.43 Å². The predicted octanol–water partition coefficient (Wildman–Crippen LogP) is 2.92. The summed E-state index contributed by atoms with van der Waals surface area (Å²) in [6.07, 6.45) is 2.36. The molecule has 184 valence electrons. The second-order valence-corrected chi connectivity index (χ2v) is 19.6. The molecule has 0 bridgehead atoms. The summed E-state index contributed by atoms with van der Waals surface area (Å²) >= 11 is 1.74. The van der Waals surface area contributed by atoms with Gasteiger partial charge >= 0.3 is 41.9 Å². The molecule has 0 amide bonds. The van der Waals surface area contributed by atoms with Gasteiger partial charge in [0.25, 0.3) is 0 Å². The Bertz CT molecular complexity index is 1060. The fourth-order valence-electron chi connectivity index (χ4n) is 4.02. The summed E-state index contributed by atoms with van der Waals surface area (Å²) < 4.78 is 0. The van der Waals surface area contributed by atoms with E-state index in [0.29, 0.717) is 0 Å². The molecule has 4 heteroatoms. The number of hydrogen-bond acceptors (Lipinski definition) is 0. The molecule has 0 aliphatic carbocycles. The molecule has 0 fully saturated rings. The van der Waals surface area contributed by atoms with E-state index in [2.05, 4.69) is 115 Å². The fourth-order valence-corrected chi connectivity index (χ4v) is 4.02. The van der Waals surface area contributed by atoms with Gasteiger partial charge in [-0.3, -0.25) is 0 Å². The van der Waals surface area contributed by atoms with E-state index in [-0.39, 0.29) is 30.2 Å². The van der Waals surface area contributed by atoms with E-state index in [0.717, 1.165) is 11.8 Å². The van der Waals surface area contributed by atoms with Gasteiger partial charge in [0, 0.05) is 0 Å². The number of fused-ring (bicyclic) bond motifs is 2. The van der Waals surface area contributed by atoms with Crippen molar-refractivity contribution in [3.63, 3.8) is 0 Å². The normalized spacial score (nSPS) is 10.2. The van der Waals surface area contributed by atoms with Crippen LogP contribution >= 0.6 is 0 Å². The minimum Gasteiger partial charge on any atom is -1.00 e. The summed E-state index contributed by atoms with van der Waals surface area (Å²) in [5.41, 5.74) is 5.85. The molecule has 0 heterocycles. The molecular weight excluding hydrogens is 551 g/mol. The summed E-state index contributed by atoms with van der Waals surface area (Å²) in [4.78, 5) is 0. The van der Waals surface area contributed by atoms with Gasteiger partial charge in [-0.1, -0.05) is 52.7 Å². The quantitative estimate of drug-likeness (QED) is 0.253. The van der Waals surface area contributed by atoms with E-state index in [1.54, 1.807) is 23.3 Å². The summed E-state index contributed by atoms with van der Waals surface area (Å²) in [6.45, 7) is 18.0. The van der Waals surface area contributed by atoms with E-state index >= 15 is 0 Å². The fraction of sp³-hybridized carbons (Fsp3) is 0.400. The summed E-state index contributed by atoms with van der Waals surface area (Å²) in [6, 6.07) is 22.6. The number of aryl methyl sites for hydroxylation is 2. The van der Waals surface area contributed by atoms with Gasteiger partial charge in [-0.05, 0) is 24.7 Å². The first-order valence-electron chi connectivity index (χ1n) is 11.9. The summed E-state index contributed by atoms with van der Waals surface area (Å²) in [7, 11) is 0. The number of halogens is 2. The second kappa shape index (κ2) is 16.2. The minimum atomic E-state index is 0. The van der Waals surface area contributed by atoms with Gasteiger partial charge in [-0.25, -0.2) is 0 Å². The molecule has 0 aromatic heterocycles. The van der Waals surface area contributed by atoms with Crippen molar-refractivity contribution in [1.82, 2.24) is 0 Å². The van der Waals surface area contributed by atoms with Gasteiger partial charge in [-0.15, -0.1) is 81.2 Å². The van der Waals surface area contributed by atoms with E-state index in [4.69, 9.17) is 0 Å². The molecule has 0 aliphatic rings. The Balaban J connectivity index is 0.000000528. The van der Waals surface area contributed by atoms with Gasteiger partial charge < -0.3 is 24.8 Å². The van der Waals surface area contributed by atoms with E-state index < -0.39 is 0 Å². The first-order valence-corrected chi connectivity index (χ1v) is 18.1. The van der Waals surface area contributed by atoms with Crippen LogP contribution < -0.4 is 24.8 Å². The standard InChI is InChI=1S/2C14H17.C2H6Si.2ClH.Zr/c2*1-10(2)6-12-4-5-13-7-11(3)8-14(13)9-12;1-3-2;;;/h2*4-5,7-10H,6H2,1-3H3;1-2H3;2*1H;/q2*-1;;;;+2/p-2. The van der Waals surface area contributed by atoms with Crippen LogP contribution in [0.2, 0.25) is 13.1 Å². The van der Waals surface area contributed by atoms with E-state index in [1.807, 2.05) is 0 Å². The maximum absolute atomic E-state index is 2.32. The second-order valence-electron chi connectivity index (χ2n) is 10.2. The van der Waals surface area contributed by atoms with Crippen molar-refractivity contribution in [3.05, 3.63) is 82.9 Å². The monoisotopic (exact) mass is 588 g/mol. The van der Waals surface area contributed by atoms with Gasteiger partial charge in [0.05, 0.1) is 0 Å². The molecule has 4 rings (SSSR count). The third kappa shape index (κ3) is 11.9. The Hall–Kier alpha value is -0.660. The van der Waals surface area contributed by atoms with Gasteiger partial charge in [0.1, 0.15) is 0 Å². The van der Waals surface area contributed by atoms with Crippen molar-refractivity contribution in [3.8, 4) is 0 Å². The van der Waals surface area contributed by atoms with E-state index in [9.17, 15) is 0 Å². The zero-order valence-corrected chi connectivity index (χ0v) is 27.1. The topological polar surface area (TPSA) is 0 Å². The maximum Gasteiger partial charge on any atom is -0.0271 e. The first-order chi connectivity index (χ1) is 15.0. The van der Waals surface area contributed by atoms with Crippen molar-refractivity contribution < 1.29 is 48.1 Å². The molecular formula is C30H40Cl2SiZr-2. The maximum atomic E-state index is 2.32. The van der Waals surface area contributed by atoms with Crippen LogP contribution in [0.25, 0.3) is 21.5 Å². The van der Waals surface area contributed by atoms with Crippen LogP contribution in [0, 0.1) is 25.7 Å². The summed E-state index contributed by atoms with van der Waals surface area (Å²) in [5, 5.41) is 5.52. The Morgan fingerprint density at radius 2 is 1.00 bits per heavy atom. The molecule has 0 saturated carbocycles. The van der Waals surface area contributed by atoms with Crippen molar-refractivity contribution in [2.45, 2.75) is 67.5 Å². The van der Waals surface area contributed by atoms with Gasteiger partial charge in [0.2, 0.25) is 0 Å². The molecule has 0 N–H and O–H groups in total. The molecule has 4 aromatic rings. The zero-order valence-electron chi connectivity index (χ0n) is 22.1. The molecule has 0 unspecified atom stereocenters. The number of rotatable bonds is 4. The van der Waals surface area contributed by atoms with Crippen molar-refractivity contribution in [1.29, 1.82) is 0 Å². The van der Waals surface area contributed by atoms with Crippen LogP contribution in [0.3, 0.4) is 0 Å². The molecule has 4 aromatic carbocycles. The smallest absolute Gasteiger partial charge is 0.0271 e. The number of hydrogen-bond donors (Lipinski definition) is 0. The molecule has 0 saturated heterocycles. The van der Waals surface area contributed by atoms with Gasteiger partial charge in [0.15, 0.2) is 0 Å². The summed E-state index contributed by atoms with van der Waals surface area (Å²) in [5.74, 6) is 1.48. The largest absolute Gasteiger partial charge is 1.00 e. The predicted molar refractivity (Wildman–Crippen MR) is 143 cm³/mol. The van der Waals surface area contributed by atoms with Crippen LogP contribution in [0.4, 0.5) is 0 Å². The van der Waals surface area contributed by atoms with Crippen molar-refractivity contribution >= 4 is 27.0 Å². The average Bonchev–Trinajstić information content (AvgIpc) is 3.20. The van der Waals surface area contributed by atoms with Gasteiger partial charge in [-0.2, -0.15) is 12.1 Å². The Kier molecular flexibility index (Phi) is 15.8. The third-order valence-electron chi connectivity index (χ3n) is 5.12. The average molecular weight is 591 g/mol.